The molecule has 0 amide bonds. The molecule has 0 aliphatic rings. The number of hydrogen-bond acceptors (Lipinski definition) is 7. The van der Waals surface area contributed by atoms with Crippen LogP contribution in [0.5, 0.6) is 0 Å². The molecule has 0 unspecified atom stereocenters. The third kappa shape index (κ3) is 3.92. The summed E-state index contributed by atoms with van der Waals surface area (Å²) in [6.07, 6.45) is 0. The summed E-state index contributed by atoms with van der Waals surface area (Å²) in [5.74, 6) is 2.13. The average molecular weight is 351 g/mol. The monoisotopic (exact) mass is 350 g/mol. The molecule has 0 aliphatic carbocycles. The second kappa shape index (κ2) is 6.33. The van der Waals surface area contributed by atoms with Crippen LogP contribution in [0.25, 0.3) is 11.5 Å². The molecule has 0 bridgehead atoms. The SMILES string of the molecule is CC(C)(C)c1nc(CSc2nnc(-c3cccc(Cl)c3)o2)no1. The maximum Gasteiger partial charge on any atom is 0.277 e. The fourth-order valence-corrected chi connectivity index (χ4v) is 2.55. The predicted molar refractivity (Wildman–Crippen MR) is 87.3 cm³/mol. The smallest absolute Gasteiger partial charge is 0.277 e. The van der Waals surface area contributed by atoms with Gasteiger partial charge in [0.05, 0.1) is 5.75 Å². The van der Waals surface area contributed by atoms with Crippen molar-refractivity contribution >= 4 is 23.4 Å². The van der Waals surface area contributed by atoms with E-state index in [4.69, 9.17) is 20.5 Å². The van der Waals surface area contributed by atoms with Gasteiger partial charge in [0.15, 0.2) is 5.82 Å². The zero-order valence-electron chi connectivity index (χ0n) is 12.9. The summed E-state index contributed by atoms with van der Waals surface area (Å²) in [5.41, 5.74) is 0.617. The number of benzene rings is 1. The summed E-state index contributed by atoms with van der Waals surface area (Å²) in [6, 6.07) is 7.27. The van der Waals surface area contributed by atoms with Gasteiger partial charge in [-0.15, -0.1) is 10.2 Å². The molecule has 120 valence electrons. The average Bonchev–Trinajstić information content (AvgIpc) is 3.14. The zero-order chi connectivity index (χ0) is 16.4. The number of rotatable bonds is 4. The number of thioether (sulfide) groups is 1. The van der Waals surface area contributed by atoms with Crippen LogP contribution in [0.2, 0.25) is 5.02 Å². The van der Waals surface area contributed by atoms with Crippen molar-refractivity contribution in [2.75, 3.05) is 0 Å². The minimum atomic E-state index is -0.167. The van der Waals surface area contributed by atoms with Crippen LogP contribution in [0.1, 0.15) is 32.5 Å². The van der Waals surface area contributed by atoms with Gasteiger partial charge < -0.3 is 8.94 Å². The number of aromatic nitrogens is 4. The van der Waals surface area contributed by atoms with E-state index in [1.54, 1.807) is 12.1 Å². The van der Waals surface area contributed by atoms with E-state index in [-0.39, 0.29) is 5.41 Å². The van der Waals surface area contributed by atoms with Crippen LogP contribution in [-0.4, -0.2) is 20.3 Å². The van der Waals surface area contributed by atoms with Crippen LogP contribution in [0, 0.1) is 0 Å². The lowest BCUT2D eigenvalue weighted by atomic mass is 9.97. The Kier molecular flexibility index (Phi) is 4.41. The Morgan fingerprint density at radius 2 is 2.04 bits per heavy atom. The predicted octanol–water partition coefficient (Wildman–Crippen LogP) is 4.36. The molecule has 0 radical (unpaired) electrons. The van der Waals surface area contributed by atoms with Crippen molar-refractivity contribution in [3.8, 4) is 11.5 Å². The van der Waals surface area contributed by atoms with Crippen molar-refractivity contribution in [3.05, 3.63) is 41.0 Å². The fourth-order valence-electron chi connectivity index (χ4n) is 1.75. The van der Waals surface area contributed by atoms with Crippen molar-refractivity contribution in [1.29, 1.82) is 0 Å². The normalized spacial score (nSPS) is 11.8. The summed E-state index contributed by atoms with van der Waals surface area (Å²) in [7, 11) is 0. The minimum absolute atomic E-state index is 0.167. The zero-order valence-corrected chi connectivity index (χ0v) is 14.5. The highest BCUT2D eigenvalue weighted by Crippen LogP contribution is 2.27. The summed E-state index contributed by atoms with van der Waals surface area (Å²) in [4.78, 5) is 4.37. The quantitative estimate of drug-likeness (QED) is 0.646. The van der Waals surface area contributed by atoms with Crippen LogP contribution in [-0.2, 0) is 11.2 Å². The Balaban J connectivity index is 1.67. The lowest BCUT2D eigenvalue weighted by Crippen LogP contribution is -2.11. The highest BCUT2D eigenvalue weighted by atomic mass is 35.5. The molecule has 2 heterocycles. The molecule has 2 aromatic heterocycles. The Morgan fingerprint density at radius 3 is 2.74 bits per heavy atom. The Labute approximate surface area is 142 Å². The van der Waals surface area contributed by atoms with Crippen molar-refractivity contribution in [2.24, 2.45) is 0 Å². The molecule has 3 aromatic rings. The van der Waals surface area contributed by atoms with E-state index in [2.05, 4.69) is 20.3 Å². The first-order chi connectivity index (χ1) is 10.9. The highest BCUT2D eigenvalue weighted by molar-refractivity contribution is 7.98. The number of hydrogen-bond donors (Lipinski definition) is 0. The standard InChI is InChI=1S/C15H15ClN4O2S/c1-15(2,3)13-17-11(20-22-13)8-23-14-19-18-12(21-14)9-5-4-6-10(16)7-9/h4-7H,8H2,1-3H3. The summed E-state index contributed by atoms with van der Waals surface area (Å²) in [6.45, 7) is 6.06. The van der Waals surface area contributed by atoms with Gasteiger partial charge in [-0.25, -0.2) is 0 Å². The highest BCUT2D eigenvalue weighted by Gasteiger charge is 2.22. The van der Waals surface area contributed by atoms with Gasteiger partial charge in [0.1, 0.15) is 0 Å². The third-order valence-electron chi connectivity index (χ3n) is 2.91. The lowest BCUT2D eigenvalue weighted by molar-refractivity contribution is 0.319. The summed E-state index contributed by atoms with van der Waals surface area (Å²) < 4.78 is 10.9. The summed E-state index contributed by atoms with van der Waals surface area (Å²) >= 11 is 7.32. The minimum Gasteiger partial charge on any atom is -0.411 e. The van der Waals surface area contributed by atoms with Gasteiger partial charge in [0, 0.05) is 16.0 Å². The van der Waals surface area contributed by atoms with E-state index in [0.717, 1.165) is 5.56 Å². The Morgan fingerprint density at radius 1 is 1.22 bits per heavy atom. The molecule has 0 N–H and O–H groups in total. The molecule has 1 aromatic carbocycles. The second-order valence-electron chi connectivity index (χ2n) is 5.94. The van der Waals surface area contributed by atoms with E-state index in [0.29, 0.717) is 33.6 Å². The van der Waals surface area contributed by atoms with Crippen molar-refractivity contribution in [3.63, 3.8) is 0 Å². The molecule has 23 heavy (non-hydrogen) atoms. The molecule has 6 nitrogen and oxygen atoms in total. The molecule has 3 rings (SSSR count). The first-order valence-corrected chi connectivity index (χ1v) is 8.33. The number of halogens is 1. The first-order valence-electron chi connectivity index (χ1n) is 6.97. The number of nitrogens with zero attached hydrogens (tertiary/aromatic N) is 4. The Bertz CT molecular complexity index is 810. The van der Waals surface area contributed by atoms with Gasteiger partial charge in [-0.1, -0.05) is 55.4 Å². The van der Waals surface area contributed by atoms with E-state index < -0.39 is 0 Å². The molecule has 8 heteroatoms. The largest absolute Gasteiger partial charge is 0.411 e. The lowest BCUT2D eigenvalue weighted by Gasteiger charge is -2.10. The van der Waals surface area contributed by atoms with Gasteiger partial charge in [0.2, 0.25) is 11.8 Å². The first kappa shape index (κ1) is 16.0. The third-order valence-corrected chi connectivity index (χ3v) is 3.96. The van der Waals surface area contributed by atoms with E-state index in [1.165, 1.54) is 11.8 Å². The van der Waals surface area contributed by atoms with Gasteiger partial charge in [-0.3, -0.25) is 0 Å². The van der Waals surface area contributed by atoms with E-state index in [1.807, 2.05) is 32.9 Å². The maximum absolute atomic E-state index is 5.96. The molecule has 0 spiro atoms. The van der Waals surface area contributed by atoms with Gasteiger partial charge in [-0.2, -0.15) is 4.98 Å². The topological polar surface area (TPSA) is 77.8 Å². The van der Waals surface area contributed by atoms with Crippen LogP contribution in [0.4, 0.5) is 0 Å². The molecular formula is C15H15ClN4O2S. The molecule has 0 aliphatic heterocycles. The van der Waals surface area contributed by atoms with Crippen molar-refractivity contribution in [1.82, 2.24) is 20.3 Å². The van der Waals surface area contributed by atoms with Crippen LogP contribution in [0.15, 0.2) is 38.4 Å². The van der Waals surface area contributed by atoms with E-state index in [9.17, 15) is 0 Å². The fraction of sp³-hybridized carbons (Fsp3) is 0.333. The molecule has 0 saturated heterocycles. The maximum atomic E-state index is 5.96. The van der Waals surface area contributed by atoms with Gasteiger partial charge >= 0.3 is 0 Å². The van der Waals surface area contributed by atoms with Crippen molar-refractivity contribution in [2.45, 2.75) is 37.2 Å². The van der Waals surface area contributed by atoms with Crippen LogP contribution in [0.3, 0.4) is 0 Å². The van der Waals surface area contributed by atoms with Crippen LogP contribution >= 0.6 is 23.4 Å². The van der Waals surface area contributed by atoms with Gasteiger partial charge in [-0.05, 0) is 18.2 Å². The van der Waals surface area contributed by atoms with Crippen molar-refractivity contribution < 1.29 is 8.94 Å². The van der Waals surface area contributed by atoms with Crippen LogP contribution < -0.4 is 0 Å². The molecular weight excluding hydrogens is 336 g/mol. The van der Waals surface area contributed by atoms with E-state index >= 15 is 0 Å². The molecule has 0 fully saturated rings. The van der Waals surface area contributed by atoms with Gasteiger partial charge in [0.25, 0.3) is 5.22 Å². The Hall–Kier alpha value is -1.86. The second-order valence-corrected chi connectivity index (χ2v) is 7.30. The molecule has 0 saturated carbocycles. The summed E-state index contributed by atoms with van der Waals surface area (Å²) in [5, 5.41) is 13.1. The molecule has 0 atom stereocenters.